The van der Waals surface area contributed by atoms with E-state index in [1.54, 1.807) is 0 Å². The molecule has 4 aromatic rings. The number of amidine groups is 1. The fourth-order valence-corrected chi connectivity index (χ4v) is 22.4. The molecule has 343 valence electrons. The molecule has 2 aliphatic heterocycles. The van der Waals surface area contributed by atoms with Gasteiger partial charge in [-0.25, -0.2) is 0 Å². The van der Waals surface area contributed by atoms with Crippen molar-refractivity contribution in [2.75, 3.05) is 0 Å². The molecule has 2 fully saturated rings. The molecule has 0 amide bonds. The van der Waals surface area contributed by atoms with Crippen LogP contribution in [-0.4, -0.2) is 69.0 Å². The number of hydrogen-bond acceptors (Lipinski definition) is 5. The molecule has 0 unspecified atom stereocenters. The Morgan fingerprint density at radius 3 is 1.19 bits per heavy atom. The zero-order valence-corrected chi connectivity index (χ0v) is 45.3. The first kappa shape index (κ1) is 49.5. The van der Waals surface area contributed by atoms with Gasteiger partial charge in [0.25, 0.3) is 8.96 Å². The lowest BCUT2D eigenvalue weighted by atomic mass is 9.93. The molecule has 6 nitrogen and oxygen atoms in total. The number of aliphatic imine (C=N–C) groups is 3. The maximum absolute atomic E-state index is 6.40. The number of benzene rings is 4. The summed E-state index contributed by atoms with van der Waals surface area (Å²) in [5, 5.41) is 0. The molecule has 0 atom stereocenters. The first-order chi connectivity index (χ1) is 29.6. The van der Waals surface area contributed by atoms with Crippen LogP contribution in [0.1, 0.15) is 202 Å². The van der Waals surface area contributed by atoms with Gasteiger partial charge in [0.2, 0.25) is 0 Å². The molecule has 1 radical (unpaired) electrons. The molecule has 0 aliphatic carbocycles. The summed E-state index contributed by atoms with van der Waals surface area (Å²) < 4.78 is 8.58. The summed E-state index contributed by atoms with van der Waals surface area (Å²) in [4.78, 5) is 21.2. The van der Waals surface area contributed by atoms with Gasteiger partial charge in [-0.1, -0.05) is 152 Å². The van der Waals surface area contributed by atoms with Crippen LogP contribution < -0.4 is 0 Å². The zero-order chi connectivity index (χ0) is 47.5. The molecule has 2 heterocycles. The van der Waals surface area contributed by atoms with E-state index in [2.05, 4.69) is 249 Å². The van der Waals surface area contributed by atoms with Gasteiger partial charge >= 0.3 is 8.40 Å². The molecule has 1 spiro atoms. The predicted octanol–water partition coefficient (Wildman–Crippen LogP) is 14.9. The van der Waals surface area contributed by atoms with Crippen molar-refractivity contribution in [1.29, 1.82) is 0 Å². The summed E-state index contributed by atoms with van der Waals surface area (Å²) in [5.41, 5.74) is 8.76. The van der Waals surface area contributed by atoms with E-state index in [0.717, 1.165) is 22.8 Å². The molecule has 0 saturated carbocycles. The van der Waals surface area contributed by atoms with Crippen molar-refractivity contribution in [1.82, 2.24) is 13.7 Å². The second-order valence-corrected chi connectivity index (χ2v) is 29.8. The average Bonchev–Trinajstić information content (AvgIpc) is 3.16. The Bertz CT molecular complexity index is 2210. The van der Waals surface area contributed by atoms with Crippen LogP contribution in [0.25, 0.3) is 0 Å². The third-order valence-electron chi connectivity index (χ3n) is 12.6. The van der Waals surface area contributed by atoms with Crippen molar-refractivity contribution in [3.63, 3.8) is 0 Å². The molecule has 0 N–H and O–H groups in total. The van der Waals surface area contributed by atoms with Crippen molar-refractivity contribution in [2.45, 2.75) is 190 Å². The Labute approximate surface area is 392 Å². The number of rotatable bonds is 9. The van der Waals surface area contributed by atoms with Gasteiger partial charge in [-0.15, -0.1) is 0 Å². The van der Waals surface area contributed by atoms with Crippen LogP contribution in [0.5, 0.6) is 0 Å². The number of nitrogens with zero attached hydrogens (tertiary/aromatic N) is 6. The Morgan fingerprint density at radius 1 is 0.516 bits per heavy atom. The van der Waals surface area contributed by atoms with E-state index in [9.17, 15) is 0 Å². The van der Waals surface area contributed by atoms with Crippen LogP contribution in [0, 0.1) is 0 Å². The molecular formula is C56H81N6Si2. The highest BCUT2D eigenvalue weighted by atomic mass is 28.4. The standard InChI is InChI=1S/C56H81N6Si2/c1-37(2)43-33-27-34-44(38(3)4)47(43)57-51-63(60(54(12,13)14)49(59-53(9,10)11)41-29-23-21-24-30-41)52(58-48-45(39(5)6)35-28-36-46(48)40(7)8)64(51)61(55(15,16)17)50(62(64)56(18,19)20)42-31-25-22-26-32-42/h21-40,50H,1-20H3. The second-order valence-electron chi connectivity index (χ2n) is 23.5. The van der Waals surface area contributed by atoms with Crippen LogP contribution in [0.4, 0.5) is 11.4 Å². The third kappa shape index (κ3) is 9.23. The van der Waals surface area contributed by atoms with Crippen LogP contribution in [0.2, 0.25) is 0 Å². The summed E-state index contributed by atoms with van der Waals surface area (Å²) in [5.74, 6) is 2.20. The van der Waals surface area contributed by atoms with Gasteiger partial charge in [-0.05, 0) is 135 Å². The minimum atomic E-state index is -3.22. The summed E-state index contributed by atoms with van der Waals surface area (Å²) in [7, 11) is -5.19. The fraction of sp³-hybridized carbons (Fsp3) is 0.518. The van der Waals surface area contributed by atoms with Gasteiger partial charge in [0.05, 0.1) is 33.0 Å². The molecule has 2 aliphatic rings. The molecule has 0 bridgehead atoms. The Morgan fingerprint density at radius 2 is 0.875 bits per heavy atom. The van der Waals surface area contributed by atoms with Gasteiger partial charge in [-0.2, -0.15) is 0 Å². The molecule has 0 aromatic heterocycles. The molecule has 4 aromatic carbocycles. The van der Waals surface area contributed by atoms with Crippen LogP contribution >= 0.6 is 0 Å². The van der Waals surface area contributed by atoms with E-state index in [4.69, 9.17) is 15.0 Å². The van der Waals surface area contributed by atoms with Crippen molar-refractivity contribution in [2.24, 2.45) is 15.0 Å². The van der Waals surface area contributed by atoms with Crippen LogP contribution in [-0.2, 0) is 0 Å². The van der Waals surface area contributed by atoms with Crippen LogP contribution in [0.3, 0.4) is 0 Å². The van der Waals surface area contributed by atoms with Crippen molar-refractivity contribution < 1.29 is 0 Å². The minimum absolute atomic E-state index is 0.0292. The molecule has 6 rings (SSSR count). The summed E-state index contributed by atoms with van der Waals surface area (Å²) in [6.07, 6.45) is 0.0292. The molecular weight excluding hydrogens is 813 g/mol. The highest BCUT2D eigenvalue weighted by molar-refractivity contribution is 7.64. The smallest absolute Gasteiger partial charge is 0.301 e. The molecule has 2 saturated heterocycles. The lowest BCUT2D eigenvalue weighted by Crippen LogP contribution is -3.02. The van der Waals surface area contributed by atoms with Crippen LogP contribution in [0.15, 0.2) is 112 Å². The quantitative estimate of drug-likeness (QED) is 0.0955. The summed E-state index contributed by atoms with van der Waals surface area (Å²) in [6.45, 7) is 47.0. The number of para-hydroxylation sites is 2. The van der Waals surface area contributed by atoms with Gasteiger partial charge in [-0.3, -0.25) is 24.1 Å². The number of hydrogen-bond donors (Lipinski definition) is 0. The fourth-order valence-electron chi connectivity index (χ4n) is 9.99. The van der Waals surface area contributed by atoms with E-state index in [0.29, 0.717) is 23.7 Å². The van der Waals surface area contributed by atoms with Crippen molar-refractivity contribution in [3.05, 3.63) is 130 Å². The zero-order valence-electron chi connectivity index (χ0n) is 43.3. The highest BCUT2D eigenvalue weighted by Crippen LogP contribution is 2.58. The Balaban J connectivity index is 1.92. The second kappa shape index (κ2) is 18.0. The largest absolute Gasteiger partial charge is 0.369 e. The predicted molar refractivity (Wildman–Crippen MR) is 282 cm³/mol. The maximum Gasteiger partial charge on any atom is 0.301 e. The lowest BCUT2D eigenvalue weighted by molar-refractivity contribution is -0.0347. The first-order valence-corrected chi connectivity index (χ1v) is 27.4. The van der Waals surface area contributed by atoms with Gasteiger partial charge in [0.1, 0.15) is 5.84 Å². The average molecular weight is 894 g/mol. The first-order valence-electron chi connectivity index (χ1n) is 24.0. The minimum Gasteiger partial charge on any atom is -0.369 e. The maximum atomic E-state index is 6.40. The van der Waals surface area contributed by atoms with Crippen molar-refractivity contribution in [3.8, 4) is 0 Å². The van der Waals surface area contributed by atoms with E-state index in [1.165, 1.54) is 37.7 Å². The SMILES string of the molecule is CC(C)c1cccc(C(C)C)c1N=C1[Si](N(C(=NC(C)(C)C)c2ccccc2)C(C)(C)C)C(=Nc2c(C(C)C)cccc2C(C)C)[Si]12N(C(C)(C)C)C(c1ccccc1)N2C(C)(C)C. The van der Waals surface area contributed by atoms with Gasteiger partial charge in [0, 0.05) is 22.2 Å². The van der Waals surface area contributed by atoms with Gasteiger partial charge in [0.15, 0.2) is 0 Å². The Kier molecular flexibility index (Phi) is 13.9. The topological polar surface area (TPSA) is 46.8 Å². The molecule has 64 heavy (non-hydrogen) atoms. The van der Waals surface area contributed by atoms with E-state index >= 15 is 0 Å². The summed E-state index contributed by atoms with van der Waals surface area (Å²) >= 11 is 0. The third-order valence-corrected chi connectivity index (χ3v) is 23.3. The van der Waals surface area contributed by atoms with E-state index in [1.807, 2.05) is 0 Å². The van der Waals surface area contributed by atoms with E-state index in [-0.39, 0.29) is 28.3 Å². The highest BCUT2D eigenvalue weighted by Gasteiger charge is 2.82. The monoisotopic (exact) mass is 894 g/mol. The molecule has 8 heteroatoms. The Hall–Kier alpha value is -3.96. The summed E-state index contributed by atoms with van der Waals surface area (Å²) in [6, 6.07) is 36.0. The van der Waals surface area contributed by atoms with Crippen molar-refractivity contribution >= 4 is 44.5 Å². The lowest BCUT2D eigenvalue weighted by Gasteiger charge is -2.77. The normalized spacial score (nSPS) is 20.9. The van der Waals surface area contributed by atoms with E-state index < -0.39 is 17.4 Å². The van der Waals surface area contributed by atoms with Gasteiger partial charge < -0.3 is 4.57 Å².